The maximum absolute atomic E-state index is 14.3. The van der Waals surface area contributed by atoms with Gasteiger partial charge in [-0.3, -0.25) is 10.0 Å². The molecule has 24 heavy (non-hydrogen) atoms. The monoisotopic (exact) mass is 438 g/mol. The Kier molecular flexibility index (Phi) is 4.76. The minimum atomic E-state index is -0.811. The lowest BCUT2D eigenvalue weighted by Crippen LogP contribution is -2.20. The Morgan fingerprint density at radius 1 is 1.25 bits per heavy atom. The van der Waals surface area contributed by atoms with Gasteiger partial charge in [0, 0.05) is 21.7 Å². The van der Waals surface area contributed by atoms with E-state index in [0.717, 1.165) is 15.3 Å². The van der Waals surface area contributed by atoms with Crippen molar-refractivity contribution in [3.05, 3.63) is 69.8 Å². The molecule has 1 amide bonds. The molecular weight excluding hydrogens is 426 g/mol. The van der Waals surface area contributed by atoms with Gasteiger partial charge in [-0.05, 0) is 65.1 Å². The second-order valence-corrected chi connectivity index (χ2v) is 6.12. The van der Waals surface area contributed by atoms with Crippen LogP contribution in [0.4, 0.5) is 15.8 Å². The number of benzene rings is 2. The number of hydrogen-bond acceptors (Lipinski definition) is 4. The van der Waals surface area contributed by atoms with Crippen molar-refractivity contribution < 1.29 is 14.4 Å². The van der Waals surface area contributed by atoms with Crippen LogP contribution in [-0.2, 0) is 0 Å². The average molecular weight is 438 g/mol. The van der Waals surface area contributed by atoms with Gasteiger partial charge in [0.2, 0.25) is 0 Å². The van der Waals surface area contributed by atoms with Crippen molar-refractivity contribution >= 4 is 39.9 Å². The quantitative estimate of drug-likeness (QED) is 0.331. The number of carbonyl (C=O) groups is 1. The van der Waals surface area contributed by atoms with E-state index in [0.29, 0.717) is 5.69 Å². The first-order valence-corrected chi connectivity index (χ1v) is 7.97. The molecule has 2 aromatic carbocycles. The number of halogens is 2. The zero-order valence-electron chi connectivity index (χ0n) is 12.2. The highest BCUT2D eigenvalue weighted by Gasteiger charge is 2.17. The first-order chi connectivity index (χ1) is 11.6. The Morgan fingerprint density at radius 3 is 2.62 bits per heavy atom. The summed E-state index contributed by atoms with van der Waals surface area (Å²) in [5.74, 6) is -1.45. The number of nitrogens with zero attached hydrogens (tertiary/aromatic N) is 2. The van der Waals surface area contributed by atoms with Gasteiger partial charge in [0.15, 0.2) is 0 Å². The van der Waals surface area contributed by atoms with Crippen LogP contribution in [0, 0.1) is 9.39 Å². The third-order valence-corrected chi connectivity index (χ3v) is 4.03. The van der Waals surface area contributed by atoms with Gasteiger partial charge in [-0.25, -0.2) is 14.6 Å². The van der Waals surface area contributed by atoms with E-state index in [2.05, 4.69) is 33.0 Å². The molecule has 1 heterocycles. The van der Waals surface area contributed by atoms with Crippen LogP contribution in [0.25, 0.3) is 5.69 Å². The second-order valence-electron chi connectivity index (χ2n) is 4.87. The summed E-state index contributed by atoms with van der Waals surface area (Å²) in [5, 5.41) is 16.0. The molecule has 3 aromatic rings. The van der Waals surface area contributed by atoms with E-state index >= 15 is 0 Å². The van der Waals surface area contributed by atoms with E-state index in [1.807, 2.05) is 24.3 Å². The van der Waals surface area contributed by atoms with Crippen LogP contribution in [0.2, 0.25) is 0 Å². The number of amides is 1. The molecule has 0 saturated carbocycles. The molecule has 122 valence electrons. The molecule has 0 spiro atoms. The fraction of sp³-hybridized carbons (Fsp3) is 0. The van der Waals surface area contributed by atoms with Crippen molar-refractivity contribution in [1.29, 1.82) is 0 Å². The lowest BCUT2D eigenvalue weighted by molar-refractivity contribution is 0.0707. The summed E-state index contributed by atoms with van der Waals surface area (Å²) >= 11 is 2.18. The van der Waals surface area contributed by atoms with Crippen LogP contribution in [0.3, 0.4) is 0 Å². The lowest BCUT2D eigenvalue weighted by Gasteiger charge is -2.14. The van der Waals surface area contributed by atoms with Crippen molar-refractivity contribution in [2.24, 2.45) is 0 Å². The summed E-state index contributed by atoms with van der Waals surface area (Å²) in [5.41, 5.74) is 2.75. The molecule has 0 radical (unpaired) electrons. The van der Waals surface area contributed by atoms with Crippen LogP contribution in [0.1, 0.15) is 10.4 Å². The maximum atomic E-state index is 14.3. The molecule has 3 rings (SSSR count). The summed E-state index contributed by atoms with van der Waals surface area (Å²) < 4.78 is 16.7. The van der Waals surface area contributed by atoms with Gasteiger partial charge in [-0.2, -0.15) is 5.10 Å². The van der Waals surface area contributed by atoms with Crippen molar-refractivity contribution in [2.45, 2.75) is 0 Å². The summed E-state index contributed by atoms with van der Waals surface area (Å²) in [7, 11) is 0. The Morgan fingerprint density at radius 2 is 2.00 bits per heavy atom. The smallest absolute Gasteiger partial charge is 0.276 e. The molecule has 3 N–H and O–H groups in total. The molecule has 0 atom stereocenters. The number of anilines is 2. The third-order valence-electron chi connectivity index (χ3n) is 3.31. The van der Waals surface area contributed by atoms with E-state index < -0.39 is 11.7 Å². The fourth-order valence-electron chi connectivity index (χ4n) is 2.19. The van der Waals surface area contributed by atoms with E-state index in [-0.39, 0.29) is 11.3 Å². The SMILES string of the molecule is O=C(NO)c1cc(F)c(-n2cccn2)cc1Nc1ccc(I)cc1. The van der Waals surface area contributed by atoms with E-state index in [1.54, 1.807) is 12.3 Å². The van der Waals surface area contributed by atoms with Gasteiger partial charge in [0.1, 0.15) is 11.5 Å². The molecule has 0 fully saturated rings. The number of carbonyl (C=O) groups excluding carboxylic acids is 1. The van der Waals surface area contributed by atoms with Gasteiger partial charge in [-0.15, -0.1) is 0 Å². The fourth-order valence-corrected chi connectivity index (χ4v) is 2.55. The zero-order chi connectivity index (χ0) is 17.1. The number of rotatable bonds is 4. The minimum absolute atomic E-state index is 0.0237. The summed E-state index contributed by atoms with van der Waals surface area (Å²) in [6, 6.07) is 11.6. The predicted octanol–water partition coefficient (Wildman–Crippen LogP) is 3.48. The molecule has 0 bridgehead atoms. The maximum Gasteiger partial charge on any atom is 0.276 e. The van der Waals surface area contributed by atoms with Crippen LogP contribution in [0.5, 0.6) is 0 Å². The summed E-state index contributed by atoms with van der Waals surface area (Å²) in [6.45, 7) is 0. The van der Waals surface area contributed by atoms with Gasteiger partial charge >= 0.3 is 0 Å². The van der Waals surface area contributed by atoms with Crippen molar-refractivity contribution in [3.63, 3.8) is 0 Å². The van der Waals surface area contributed by atoms with Crippen molar-refractivity contribution in [2.75, 3.05) is 5.32 Å². The van der Waals surface area contributed by atoms with Crippen LogP contribution in [-0.4, -0.2) is 20.9 Å². The number of nitrogens with one attached hydrogen (secondary N) is 2. The van der Waals surface area contributed by atoms with Gasteiger partial charge in [0.25, 0.3) is 5.91 Å². The summed E-state index contributed by atoms with van der Waals surface area (Å²) in [4.78, 5) is 11.8. The number of hydroxylamine groups is 1. The van der Waals surface area contributed by atoms with Gasteiger partial charge in [-0.1, -0.05) is 0 Å². The Bertz CT molecular complexity index is 867. The normalized spacial score (nSPS) is 10.5. The molecular formula is C16H12FIN4O2. The Labute approximate surface area is 150 Å². The Hall–Kier alpha value is -2.46. The highest BCUT2D eigenvalue weighted by Crippen LogP contribution is 2.27. The van der Waals surface area contributed by atoms with Crippen LogP contribution < -0.4 is 10.8 Å². The predicted molar refractivity (Wildman–Crippen MR) is 95.2 cm³/mol. The van der Waals surface area contributed by atoms with E-state index in [9.17, 15) is 9.18 Å². The molecule has 0 aliphatic rings. The molecule has 0 aliphatic carbocycles. The average Bonchev–Trinajstić information content (AvgIpc) is 3.11. The molecule has 0 aliphatic heterocycles. The molecule has 0 unspecified atom stereocenters. The third kappa shape index (κ3) is 3.39. The molecule has 8 heteroatoms. The zero-order valence-corrected chi connectivity index (χ0v) is 14.4. The minimum Gasteiger partial charge on any atom is -0.355 e. The Balaban J connectivity index is 2.08. The largest absolute Gasteiger partial charge is 0.355 e. The van der Waals surface area contributed by atoms with E-state index in [4.69, 9.17) is 5.21 Å². The van der Waals surface area contributed by atoms with Crippen molar-refractivity contribution in [3.8, 4) is 5.69 Å². The molecule has 0 saturated heterocycles. The number of aromatic nitrogens is 2. The molecule has 1 aromatic heterocycles. The highest BCUT2D eigenvalue weighted by atomic mass is 127. The van der Waals surface area contributed by atoms with Gasteiger partial charge in [0.05, 0.1) is 11.3 Å². The van der Waals surface area contributed by atoms with Crippen LogP contribution >= 0.6 is 22.6 Å². The standard InChI is InChI=1S/C16H12FIN4O2/c17-13-8-12(16(23)21-24)14(9-15(13)22-7-1-6-19-22)20-11-4-2-10(18)3-5-11/h1-9,20,24H,(H,21,23). The van der Waals surface area contributed by atoms with Gasteiger partial charge < -0.3 is 5.32 Å². The first-order valence-electron chi connectivity index (χ1n) is 6.89. The van der Waals surface area contributed by atoms with Crippen molar-refractivity contribution in [1.82, 2.24) is 15.3 Å². The topological polar surface area (TPSA) is 79.2 Å². The lowest BCUT2D eigenvalue weighted by atomic mass is 10.1. The van der Waals surface area contributed by atoms with E-state index in [1.165, 1.54) is 22.4 Å². The van der Waals surface area contributed by atoms with Crippen LogP contribution in [0.15, 0.2) is 54.9 Å². The number of hydrogen-bond donors (Lipinski definition) is 3. The summed E-state index contributed by atoms with van der Waals surface area (Å²) in [6.07, 6.45) is 3.12. The molecule has 6 nitrogen and oxygen atoms in total. The highest BCUT2D eigenvalue weighted by molar-refractivity contribution is 14.1. The first kappa shape index (κ1) is 16.4. The second kappa shape index (κ2) is 6.97.